The van der Waals surface area contributed by atoms with E-state index in [1.54, 1.807) is 0 Å². The van der Waals surface area contributed by atoms with Crippen molar-refractivity contribution in [2.75, 3.05) is 13.2 Å². The summed E-state index contributed by atoms with van der Waals surface area (Å²) in [6.07, 6.45) is 14.6. The summed E-state index contributed by atoms with van der Waals surface area (Å²) >= 11 is 0. The number of hydrogen-bond donors (Lipinski definition) is 1. The molecule has 2 bridgehead atoms. The number of unbranched alkanes of at least 4 members (excludes halogenated alkanes) is 11. The molecule has 0 aromatic rings. The van der Waals surface area contributed by atoms with E-state index < -0.39 is 41.6 Å². The quantitative estimate of drug-likeness (QED) is 0.250. The van der Waals surface area contributed by atoms with Crippen LogP contribution in [-0.4, -0.2) is 48.1 Å². The van der Waals surface area contributed by atoms with Gasteiger partial charge in [-0.05, 0) is 6.42 Å². The molecule has 6 heteroatoms. The van der Waals surface area contributed by atoms with Crippen molar-refractivity contribution in [1.29, 1.82) is 0 Å². The molecule has 0 aromatic heterocycles. The third-order valence-electron chi connectivity index (χ3n) is 6.87. The van der Waals surface area contributed by atoms with Gasteiger partial charge in [-0.2, -0.15) is 0 Å². The molecular formula is C23H38O6. The van der Waals surface area contributed by atoms with Crippen molar-refractivity contribution < 1.29 is 28.9 Å². The van der Waals surface area contributed by atoms with E-state index in [0.717, 1.165) is 12.8 Å². The highest BCUT2D eigenvalue weighted by molar-refractivity contribution is 5.98. The van der Waals surface area contributed by atoms with Crippen molar-refractivity contribution in [3.05, 3.63) is 0 Å². The Bertz CT molecular complexity index is 549. The van der Waals surface area contributed by atoms with E-state index in [-0.39, 0.29) is 6.61 Å². The number of ether oxygens (including phenoxy) is 3. The summed E-state index contributed by atoms with van der Waals surface area (Å²) < 4.78 is 16.5. The molecule has 0 saturated carbocycles. The highest BCUT2D eigenvalue weighted by atomic mass is 16.6. The van der Waals surface area contributed by atoms with E-state index in [0.29, 0.717) is 13.0 Å². The zero-order chi connectivity index (χ0) is 20.7. The molecule has 1 N–H and O–H groups in total. The minimum absolute atomic E-state index is 0.145. The molecule has 0 aliphatic carbocycles. The molecule has 3 fully saturated rings. The summed E-state index contributed by atoms with van der Waals surface area (Å²) in [5, 5.41) is 10.4. The number of aliphatic hydroxyl groups excluding tert-OH is 1. The van der Waals surface area contributed by atoms with Gasteiger partial charge in [0.15, 0.2) is 0 Å². The highest BCUT2D eigenvalue weighted by Gasteiger charge is 2.72. The van der Waals surface area contributed by atoms with Crippen LogP contribution in [0.4, 0.5) is 0 Å². The van der Waals surface area contributed by atoms with Gasteiger partial charge < -0.3 is 19.3 Å². The Balaban J connectivity index is 1.22. The SMILES string of the molecule is CCCCCCCCCCCCCCOCC12OC(CC1O)C1C(=O)OC(=O)C12. The summed E-state index contributed by atoms with van der Waals surface area (Å²) in [4.78, 5) is 23.9. The first kappa shape index (κ1) is 22.7. The van der Waals surface area contributed by atoms with E-state index in [1.165, 1.54) is 64.2 Å². The summed E-state index contributed by atoms with van der Waals surface area (Å²) in [6.45, 7) is 2.98. The summed E-state index contributed by atoms with van der Waals surface area (Å²) in [5.74, 6) is -2.37. The first-order valence-corrected chi connectivity index (χ1v) is 11.8. The van der Waals surface area contributed by atoms with E-state index in [4.69, 9.17) is 14.2 Å². The van der Waals surface area contributed by atoms with Crippen molar-refractivity contribution in [3.63, 3.8) is 0 Å². The fourth-order valence-electron chi connectivity index (χ4n) is 5.21. The van der Waals surface area contributed by atoms with Crippen LogP contribution in [0.15, 0.2) is 0 Å². The molecule has 0 radical (unpaired) electrons. The van der Waals surface area contributed by atoms with Crippen LogP contribution in [0, 0.1) is 11.8 Å². The zero-order valence-corrected chi connectivity index (χ0v) is 17.9. The lowest BCUT2D eigenvalue weighted by atomic mass is 9.71. The predicted molar refractivity (Wildman–Crippen MR) is 108 cm³/mol. The number of cyclic esters (lactones) is 2. The fourth-order valence-corrected chi connectivity index (χ4v) is 5.21. The Morgan fingerprint density at radius 2 is 1.52 bits per heavy atom. The van der Waals surface area contributed by atoms with Crippen LogP contribution in [-0.2, 0) is 23.8 Å². The number of fused-ring (bicyclic) bond motifs is 5. The maximum Gasteiger partial charge on any atom is 0.320 e. The van der Waals surface area contributed by atoms with Gasteiger partial charge in [-0.1, -0.05) is 77.6 Å². The molecule has 29 heavy (non-hydrogen) atoms. The molecular weight excluding hydrogens is 372 g/mol. The Hall–Kier alpha value is -0.980. The number of aliphatic hydroxyl groups is 1. The van der Waals surface area contributed by atoms with Gasteiger partial charge >= 0.3 is 11.9 Å². The lowest BCUT2D eigenvalue weighted by Crippen LogP contribution is -2.52. The number of carbonyl (C=O) groups is 2. The van der Waals surface area contributed by atoms with Gasteiger partial charge in [0, 0.05) is 13.0 Å². The second kappa shape index (κ2) is 10.9. The van der Waals surface area contributed by atoms with E-state index in [2.05, 4.69) is 6.92 Å². The van der Waals surface area contributed by atoms with Crippen LogP contribution in [0.5, 0.6) is 0 Å². The second-order valence-corrected chi connectivity index (χ2v) is 9.05. The largest absolute Gasteiger partial charge is 0.393 e. The molecule has 166 valence electrons. The Kier molecular flexibility index (Phi) is 8.51. The van der Waals surface area contributed by atoms with Gasteiger partial charge in [0.1, 0.15) is 11.5 Å². The Morgan fingerprint density at radius 1 is 0.931 bits per heavy atom. The third-order valence-corrected chi connectivity index (χ3v) is 6.87. The molecule has 3 rings (SSSR count). The summed E-state index contributed by atoms with van der Waals surface area (Å²) in [5.41, 5.74) is -1.10. The number of rotatable bonds is 15. The van der Waals surface area contributed by atoms with Crippen LogP contribution in [0.1, 0.15) is 90.4 Å². The number of carbonyl (C=O) groups excluding carboxylic acids is 2. The van der Waals surface area contributed by atoms with Crippen molar-refractivity contribution >= 4 is 11.9 Å². The third kappa shape index (κ3) is 5.20. The van der Waals surface area contributed by atoms with Crippen LogP contribution in [0.3, 0.4) is 0 Å². The van der Waals surface area contributed by atoms with E-state index in [9.17, 15) is 14.7 Å². The standard InChI is InChI=1S/C23H38O6/c1-2-3-4-5-6-7-8-9-10-11-12-13-14-27-16-23-18(24)15-17(29-23)19-20(23)22(26)28-21(19)25/h17-20,24H,2-16H2,1H3. The Morgan fingerprint density at radius 3 is 2.14 bits per heavy atom. The lowest BCUT2D eigenvalue weighted by Gasteiger charge is -2.33. The second-order valence-electron chi connectivity index (χ2n) is 9.05. The smallest absolute Gasteiger partial charge is 0.320 e. The first-order chi connectivity index (χ1) is 14.1. The molecule has 0 spiro atoms. The van der Waals surface area contributed by atoms with Crippen molar-refractivity contribution in [2.24, 2.45) is 11.8 Å². The van der Waals surface area contributed by atoms with Gasteiger partial charge in [0.2, 0.25) is 0 Å². The molecule has 3 aliphatic heterocycles. The lowest BCUT2D eigenvalue weighted by molar-refractivity contribution is -0.165. The minimum atomic E-state index is -1.10. The molecule has 6 nitrogen and oxygen atoms in total. The highest BCUT2D eigenvalue weighted by Crippen LogP contribution is 2.54. The summed E-state index contributed by atoms with van der Waals surface area (Å²) in [6, 6.07) is 0. The van der Waals surface area contributed by atoms with Gasteiger partial charge in [0.05, 0.1) is 24.7 Å². The predicted octanol–water partition coefficient (Wildman–Crippen LogP) is 3.92. The van der Waals surface area contributed by atoms with Crippen LogP contribution < -0.4 is 0 Å². The van der Waals surface area contributed by atoms with Gasteiger partial charge in [-0.25, -0.2) is 0 Å². The van der Waals surface area contributed by atoms with Gasteiger partial charge in [-0.3, -0.25) is 9.59 Å². The zero-order valence-electron chi connectivity index (χ0n) is 17.9. The minimum Gasteiger partial charge on any atom is -0.393 e. The maximum absolute atomic E-state index is 12.1. The Labute approximate surface area is 174 Å². The fraction of sp³-hybridized carbons (Fsp3) is 0.913. The molecule has 0 amide bonds. The summed E-state index contributed by atoms with van der Waals surface area (Å²) in [7, 11) is 0. The van der Waals surface area contributed by atoms with Crippen molar-refractivity contribution in [1.82, 2.24) is 0 Å². The number of esters is 2. The first-order valence-electron chi connectivity index (χ1n) is 11.8. The average Bonchev–Trinajstić information content (AvgIpc) is 3.30. The average molecular weight is 411 g/mol. The molecule has 3 heterocycles. The topological polar surface area (TPSA) is 82.1 Å². The molecule has 3 aliphatic rings. The van der Waals surface area contributed by atoms with E-state index >= 15 is 0 Å². The normalized spacial score (nSPS) is 32.8. The van der Waals surface area contributed by atoms with Crippen molar-refractivity contribution in [3.8, 4) is 0 Å². The molecule has 5 unspecified atom stereocenters. The van der Waals surface area contributed by atoms with Crippen LogP contribution >= 0.6 is 0 Å². The number of hydrogen-bond acceptors (Lipinski definition) is 6. The van der Waals surface area contributed by atoms with Crippen molar-refractivity contribution in [2.45, 2.75) is 108 Å². The van der Waals surface area contributed by atoms with Crippen LogP contribution in [0.25, 0.3) is 0 Å². The van der Waals surface area contributed by atoms with Gasteiger partial charge in [-0.15, -0.1) is 0 Å². The van der Waals surface area contributed by atoms with Gasteiger partial charge in [0.25, 0.3) is 0 Å². The molecule has 0 aromatic carbocycles. The van der Waals surface area contributed by atoms with E-state index in [1.807, 2.05) is 0 Å². The van der Waals surface area contributed by atoms with Crippen LogP contribution in [0.2, 0.25) is 0 Å². The molecule has 3 saturated heterocycles. The molecule has 5 atom stereocenters. The monoisotopic (exact) mass is 410 g/mol. The maximum atomic E-state index is 12.1.